The third kappa shape index (κ3) is 3.77. The minimum atomic E-state index is 0.319. The zero-order chi connectivity index (χ0) is 13.2. The van der Waals surface area contributed by atoms with Gasteiger partial charge in [-0.2, -0.15) is 0 Å². The van der Waals surface area contributed by atoms with Crippen molar-refractivity contribution < 1.29 is 0 Å². The maximum Gasteiger partial charge on any atom is 0.0897 e. The molecule has 0 bridgehead atoms. The molecule has 0 saturated carbocycles. The Morgan fingerprint density at radius 3 is 2.56 bits per heavy atom. The van der Waals surface area contributed by atoms with Gasteiger partial charge in [0.2, 0.25) is 0 Å². The normalized spacial score (nSPS) is 19.3. The quantitative estimate of drug-likeness (QED) is 0.913. The van der Waals surface area contributed by atoms with Crippen LogP contribution in [0.15, 0.2) is 6.20 Å². The minimum Gasteiger partial charge on any atom is -0.309 e. The Balaban J connectivity index is 1.74. The van der Waals surface area contributed by atoms with Gasteiger partial charge in [-0.25, -0.2) is 4.98 Å². The molecule has 2 heterocycles. The molecule has 18 heavy (non-hydrogen) atoms. The molecule has 0 unspecified atom stereocenters. The summed E-state index contributed by atoms with van der Waals surface area (Å²) in [5, 5.41) is 4.83. The van der Waals surface area contributed by atoms with E-state index in [9.17, 15) is 0 Å². The van der Waals surface area contributed by atoms with Crippen LogP contribution < -0.4 is 5.32 Å². The van der Waals surface area contributed by atoms with Gasteiger partial charge in [0.05, 0.1) is 5.01 Å². The number of aromatic nitrogens is 1. The third-order valence-electron chi connectivity index (χ3n) is 3.68. The highest BCUT2D eigenvalue weighted by Crippen LogP contribution is 2.20. The zero-order valence-corrected chi connectivity index (χ0v) is 12.8. The lowest BCUT2D eigenvalue weighted by Gasteiger charge is -2.41. The third-order valence-corrected chi connectivity index (χ3v) is 4.59. The van der Waals surface area contributed by atoms with Gasteiger partial charge in [0.15, 0.2) is 0 Å². The van der Waals surface area contributed by atoms with Crippen LogP contribution in [0.2, 0.25) is 0 Å². The fraction of sp³-hybridized carbons (Fsp3) is 0.786. The predicted octanol–water partition coefficient (Wildman–Crippen LogP) is 2.80. The van der Waals surface area contributed by atoms with Gasteiger partial charge in [0.1, 0.15) is 0 Å². The average molecular weight is 267 g/mol. The van der Waals surface area contributed by atoms with Gasteiger partial charge >= 0.3 is 0 Å². The lowest BCUT2D eigenvalue weighted by atomic mass is 9.98. The largest absolute Gasteiger partial charge is 0.309 e. The molecule has 0 spiro atoms. The molecule has 2 rings (SSSR count). The highest BCUT2D eigenvalue weighted by atomic mass is 32.1. The molecular weight excluding hydrogens is 242 g/mol. The van der Waals surface area contributed by atoms with E-state index in [2.05, 4.69) is 42.9 Å². The van der Waals surface area contributed by atoms with E-state index in [0.717, 1.165) is 11.6 Å². The first kappa shape index (κ1) is 14.0. The summed E-state index contributed by atoms with van der Waals surface area (Å²) in [6.45, 7) is 12.4. The summed E-state index contributed by atoms with van der Waals surface area (Å²) in [4.78, 5) is 8.23. The highest BCUT2D eigenvalue weighted by Gasteiger charge is 2.26. The van der Waals surface area contributed by atoms with Crippen molar-refractivity contribution in [3.8, 4) is 0 Å². The Bertz CT molecular complexity index is 373. The fourth-order valence-electron chi connectivity index (χ4n) is 2.49. The number of hydrogen-bond donors (Lipinski definition) is 1. The van der Waals surface area contributed by atoms with Gasteiger partial charge in [-0.15, -0.1) is 11.3 Å². The number of hydrogen-bond acceptors (Lipinski definition) is 4. The van der Waals surface area contributed by atoms with Crippen LogP contribution in [0.25, 0.3) is 0 Å². The van der Waals surface area contributed by atoms with E-state index < -0.39 is 0 Å². The Hall–Kier alpha value is -0.450. The summed E-state index contributed by atoms with van der Waals surface area (Å²) in [7, 11) is 0. The number of aryl methyl sites for hydroxylation is 1. The van der Waals surface area contributed by atoms with Gasteiger partial charge in [-0.1, -0.05) is 0 Å². The van der Waals surface area contributed by atoms with Crippen LogP contribution in [-0.4, -0.2) is 34.6 Å². The van der Waals surface area contributed by atoms with Gasteiger partial charge < -0.3 is 5.32 Å². The lowest BCUT2D eigenvalue weighted by Crippen LogP contribution is -2.49. The van der Waals surface area contributed by atoms with E-state index >= 15 is 0 Å². The van der Waals surface area contributed by atoms with Crippen molar-refractivity contribution in [3.05, 3.63) is 16.1 Å². The molecule has 0 radical (unpaired) electrons. The maximum atomic E-state index is 4.30. The molecule has 1 aromatic rings. The molecule has 0 aromatic carbocycles. The summed E-state index contributed by atoms with van der Waals surface area (Å²) in [5.41, 5.74) is 0.319. The number of nitrogens with one attached hydrogen (secondary N) is 1. The van der Waals surface area contributed by atoms with Crippen LogP contribution >= 0.6 is 11.3 Å². The second kappa shape index (κ2) is 5.68. The van der Waals surface area contributed by atoms with Crippen molar-refractivity contribution in [2.45, 2.75) is 58.7 Å². The highest BCUT2D eigenvalue weighted by molar-refractivity contribution is 7.11. The SMILES string of the molecule is Cc1ncc(CNC2CCN(C(C)(C)C)CC2)s1. The van der Waals surface area contributed by atoms with E-state index in [1.54, 1.807) is 11.3 Å². The van der Waals surface area contributed by atoms with E-state index in [1.807, 2.05) is 6.20 Å². The molecule has 0 atom stereocenters. The van der Waals surface area contributed by atoms with Crippen LogP contribution in [0.5, 0.6) is 0 Å². The standard InChI is InChI=1S/C14H25N3S/c1-11-15-9-13(18-11)10-16-12-5-7-17(8-6-12)14(2,3)4/h9,12,16H,5-8,10H2,1-4H3. The van der Waals surface area contributed by atoms with Crippen molar-refractivity contribution >= 4 is 11.3 Å². The molecule has 0 aliphatic carbocycles. The first-order valence-corrected chi connectivity index (χ1v) is 7.66. The first-order chi connectivity index (χ1) is 8.45. The van der Waals surface area contributed by atoms with E-state index in [1.165, 1.54) is 30.8 Å². The second-order valence-electron chi connectivity index (χ2n) is 6.16. The smallest absolute Gasteiger partial charge is 0.0897 e. The number of likely N-dealkylation sites (tertiary alicyclic amines) is 1. The Kier molecular flexibility index (Phi) is 4.41. The van der Waals surface area contributed by atoms with Crippen molar-refractivity contribution in [1.29, 1.82) is 0 Å². The van der Waals surface area contributed by atoms with Crippen LogP contribution in [0.4, 0.5) is 0 Å². The zero-order valence-electron chi connectivity index (χ0n) is 12.0. The van der Waals surface area contributed by atoms with Gasteiger partial charge in [0.25, 0.3) is 0 Å². The molecule has 1 aliphatic rings. The molecule has 1 saturated heterocycles. The summed E-state index contributed by atoms with van der Waals surface area (Å²) < 4.78 is 0. The summed E-state index contributed by atoms with van der Waals surface area (Å²) in [6.07, 6.45) is 4.52. The summed E-state index contributed by atoms with van der Waals surface area (Å²) in [6, 6.07) is 0.672. The van der Waals surface area contributed by atoms with Gasteiger partial charge in [0, 0.05) is 42.3 Å². The van der Waals surface area contributed by atoms with Crippen LogP contribution in [-0.2, 0) is 6.54 Å². The van der Waals surface area contributed by atoms with E-state index in [-0.39, 0.29) is 0 Å². The van der Waals surface area contributed by atoms with Crippen molar-refractivity contribution in [1.82, 2.24) is 15.2 Å². The number of rotatable bonds is 3. The second-order valence-corrected chi connectivity index (χ2v) is 7.48. The van der Waals surface area contributed by atoms with E-state index in [4.69, 9.17) is 0 Å². The van der Waals surface area contributed by atoms with Crippen LogP contribution in [0, 0.1) is 6.92 Å². The van der Waals surface area contributed by atoms with Crippen molar-refractivity contribution in [3.63, 3.8) is 0 Å². The molecule has 1 aliphatic heterocycles. The molecule has 3 nitrogen and oxygen atoms in total. The average Bonchev–Trinajstić information content (AvgIpc) is 2.72. The van der Waals surface area contributed by atoms with Gasteiger partial charge in [-0.05, 0) is 40.5 Å². The lowest BCUT2D eigenvalue weighted by molar-refractivity contribution is 0.0961. The number of thiazole rings is 1. The number of nitrogens with zero attached hydrogens (tertiary/aromatic N) is 2. The minimum absolute atomic E-state index is 0.319. The molecule has 1 fully saturated rings. The molecule has 4 heteroatoms. The van der Waals surface area contributed by atoms with E-state index in [0.29, 0.717) is 11.6 Å². The van der Waals surface area contributed by atoms with Crippen molar-refractivity contribution in [2.75, 3.05) is 13.1 Å². The molecule has 1 N–H and O–H groups in total. The first-order valence-electron chi connectivity index (χ1n) is 6.85. The Morgan fingerprint density at radius 2 is 2.06 bits per heavy atom. The van der Waals surface area contributed by atoms with Crippen molar-refractivity contribution in [2.24, 2.45) is 0 Å². The predicted molar refractivity (Wildman–Crippen MR) is 78.0 cm³/mol. The molecule has 1 aromatic heterocycles. The topological polar surface area (TPSA) is 28.2 Å². The summed E-state index contributed by atoms with van der Waals surface area (Å²) in [5.74, 6) is 0. The summed E-state index contributed by atoms with van der Waals surface area (Å²) >= 11 is 1.80. The monoisotopic (exact) mass is 267 g/mol. The van der Waals surface area contributed by atoms with Gasteiger partial charge in [-0.3, -0.25) is 4.90 Å². The van der Waals surface area contributed by atoms with Crippen LogP contribution in [0.3, 0.4) is 0 Å². The van der Waals surface area contributed by atoms with Crippen LogP contribution in [0.1, 0.15) is 43.5 Å². The number of piperidine rings is 1. The molecular formula is C14H25N3S. The maximum absolute atomic E-state index is 4.30. The Morgan fingerprint density at radius 1 is 1.39 bits per heavy atom. The Labute approximate surface area is 115 Å². The molecule has 102 valence electrons. The molecule has 0 amide bonds. The fourth-order valence-corrected chi connectivity index (χ4v) is 3.23.